The number of oxime groups is 1. The summed E-state index contributed by atoms with van der Waals surface area (Å²) in [7, 11) is 1.38. The van der Waals surface area contributed by atoms with Crippen LogP contribution in [-0.4, -0.2) is 35.8 Å². The number of halogens is 4. The number of nitrogens with two attached hydrogens (primary N) is 1. The van der Waals surface area contributed by atoms with E-state index in [4.69, 9.17) is 22.0 Å². The fraction of sp³-hybridized carbons (Fsp3) is 0.333. The molecule has 0 saturated carbocycles. The van der Waals surface area contributed by atoms with Gasteiger partial charge in [0, 0.05) is 5.70 Å². The van der Waals surface area contributed by atoms with Crippen LogP contribution < -0.4 is 10.8 Å². The van der Waals surface area contributed by atoms with Crippen LogP contribution in [0.5, 0.6) is 0 Å². The Balaban J connectivity index is 2.02. The predicted molar refractivity (Wildman–Crippen MR) is 101 cm³/mol. The highest BCUT2D eigenvalue weighted by Gasteiger charge is 2.30. The minimum atomic E-state index is -4.40. The van der Waals surface area contributed by atoms with Crippen molar-refractivity contribution < 1.29 is 28.3 Å². The van der Waals surface area contributed by atoms with E-state index in [1.807, 2.05) is 0 Å². The summed E-state index contributed by atoms with van der Waals surface area (Å²) in [4.78, 5) is 17.3. The van der Waals surface area contributed by atoms with Gasteiger partial charge in [0.05, 0.1) is 27.8 Å². The van der Waals surface area contributed by atoms with Crippen molar-refractivity contribution >= 4 is 23.3 Å². The van der Waals surface area contributed by atoms with Crippen LogP contribution in [0.15, 0.2) is 58.6 Å². The Hall–Kier alpha value is -2.88. The van der Waals surface area contributed by atoms with Gasteiger partial charge in [0.2, 0.25) is 0 Å². The smallest absolute Gasteiger partial charge is 0.395 e. The third kappa shape index (κ3) is 6.05. The fourth-order valence-electron chi connectivity index (χ4n) is 2.44. The van der Waals surface area contributed by atoms with E-state index >= 15 is 0 Å². The molecule has 1 aromatic rings. The topological polar surface area (TPSA) is 91.9 Å². The number of rotatable bonds is 6. The molecule has 29 heavy (non-hydrogen) atoms. The third-order valence-electron chi connectivity index (χ3n) is 4.16. The van der Waals surface area contributed by atoms with Gasteiger partial charge in [-0.25, -0.2) is 4.79 Å². The molecule has 0 spiro atoms. The van der Waals surface area contributed by atoms with Gasteiger partial charge in [-0.05, 0) is 30.7 Å². The molecule has 1 aliphatic rings. The Morgan fingerprint density at radius 2 is 2.00 bits per heavy atom. The van der Waals surface area contributed by atoms with Gasteiger partial charge in [-0.3, -0.25) is 5.32 Å². The zero-order chi connectivity index (χ0) is 21.6. The number of carbonyl (C=O) groups excluding carboxylic acids is 1. The van der Waals surface area contributed by atoms with Gasteiger partial charge >= 0.3 is 12.2 Å². The van der Waals surface area contributed by atoms with E-state index in [-0.39, 0.29) is 6.61 Å². The summed E-state index contributed by atoms with van der Waals surface area (Å²) in [6.45, 7) is 1.64. The number of amides is 2. The molecule has 0 fully saturated rings. The van der Waals surface area contributed by atoms with Crippen molar-refractivity contribution in [3.05, 3.63) is 59.3 Å². The van der Waals surface area contributed by atoms with Crippen LogP contribution in [0.4, 0.5) is 18.0 Å². The number of nitrogens with one attached hydrogen (secondary N) is 1. The number of carbonyl (C=O) groups is 1. The number of benzene rings is 1. The first kappa shape index (κ1) is 22.4. The molecule has 156 valence electrons. The second-order valence-electron chi connectivity index (χ2n) is 6.17. The normalized spacial score (nSPS) is 19.4. The van der Waals surface area contributed by atoms with Gasteiger partial charge in [0.25, 0.3) is 0 Å². The Morgan fingerprint density at radius 1 is 1.34 bits per heavy atom. The van der Waals surface area contributed by atoms with E-state index < -0.39 is 29.1 Å². The summed E-state index contributed by atoms with van der Waals surface area (Å²) in [5.41, 5.74) is 5.70. The summed E-state index contributed by atoms with van der Waals surface area (Å²) in [6, 6.07) is 4.04. The summed E-state index contributed by atoms with van der Waals surface area (Å²) in [6.07, 6.45) is 0.693. The first-order chi connectivity index (χ1) is 13.6. The van der Waals surface area contributed by atoms with E-state index in [1.165, 1.54) is 19.2 Å². The molecule has 2 atom stereocenters. The van der Waals surface area contributed by atoms with Gasteiger partial charge in [0.15, 0.2) is 0 Å². The highest BCUT2D eigenvalue weighted by Crippen LogP contribution is 2.29. The molecule has 0 heterocycles. The second kappa shape index (κ2) is 9.55. The first-order valence-electron chi connectivity index (χ1n) is 8.45. The van der Waals surface area contributed by atoms with Gasteiger partial charge < -0.3 is 4.84 Å². The number of nitrogens with zero attached hydrogens (tertiary/aromatic N) is 3. The average molecular weight is 431 g/mol. The summed E-state index contributed by atoms with van der Waals surface area (Å²) >= 11 is 6.29. The molecule has 0 saturated heterocycles. The predicted octanol–water partition coefficient (Wildman–Crippen LogP) is 2.89. The van der Waals surface area contributed by atoms with Crippen molar-refractivity contribution in [2.45, 2.75) is 18.5 Å². The van der Waals surface area contributed by atoms with Gasteiger partial charge in [0.1, 0.15) is 13.7 Å². The lowest BCUT2D eigenvalue weighted by Gasteiger charge is -2.24. The molecule has 2 rings (SSSR count). The molecule has 7 nitrogen and oxygen atoms in total. The number of alkyl halides is 4. The molecule has 2 amide bonds. The van der Waals surface area contributed by atoms with E-state index in [9.17, 15) is 18.0 Å². The minimum Gasteiger partial charge on any atom is -0.395 e. The molecule has 1 aliphatic carbocycles. The maximum Gasteiger partial charge on any atom is 0.432 e. The Labute approximate surface area is 170 Å². The molecule has 1 aromatic carbocycles. The van der Waals surface area contributed by atoms with E-state index in [1.54, 1.807) is 25.2 Å². The van der Waals surface area contributed by atoms with Crippen LogP contribution in [0.2, 0.25) is 0 Å². The molecule has 3 N–H and O–H groups in total. The highest BCUT2D eigenvalue weighted by molar-refractivity contribution is 6.22. The van der Waals surface area contributed by atoms with Crippen molar-refractivity contribution in [1.29, 1.82) is 0 Å². The molecule has 11 heteroatoms. The number of hydrogen-bond donors (Lipinski definition) is 2. The van der Waals surface area contributed by atoms with Gasteiger partial charge in [-0.15, -0.1) is 11.6 Å². The van der Waals surface area contributed by atoms with Crippen LogP contribution in [0.3, 0.4) is 0 Å². The lowest BCUT2D eigenvalue weighted by atomic mass is 9.97. The largest absolute Gasteiger partial charge is 0.432 e. The Bertz CT molecular complexity index is 837. The average Bonchev–Trinajstić information content (AvgIpc) is 2.68. The quantitative estimate of drug-likeness (QED) is 0.314. The summed E-state index contributed by atoms with van der Waals surface area (Å²) < 4.78 is 37.9. The van der Waals surface area contributed by atoms with Crippen molar-refractivity contribution in [3.8, 4) is 0 Å². The summed E-state index contributed by atoms with van der Waals surface area (Å²) in [5, 5.41) is 10.3. The number of hydrogen-bond acceptors (Lipinski definition) is 4. The lowest BCUT2D eigenvalue weighted by Crippen LogP contribution is -2.42. The van der Waals surface area contributed by atoms with Gasteiger partial charge in [-0.2, -0.15) is 18.7 Å². The molecule has 0 aromatic heterocycles. The SMILES string of the molecule is C/C(=N\OCC1C(NC(=O)N(C)N=[NH2+])=CC=CC1Cl)c1ccc(C(F)(F)F)cc1. The van der Waals surface area contributed by atoms with Crippen LogP contribution in [0.25, 0.3) is 0 Å². The van der Waals surface area contributed by atoms with E-state index in [0.717, 1.165) is 17.1 Å². The summed E-state index contributed by atoms with van der Waals surface area (Å²) in [5.74, 6) is -0.416. The van der Waals surface area contributed by atoms with Crippen LogP contribution in [-0.2, 0) is 11.0 Å². The van der Waals surface area contributed by atoms with Gasteiger partial charge in [-0.1, -0.05) is 34.4 Å². The molecular formula is C18H20ClF3N5O2+. The van der Waals surface area contributed by atoms with Crippen molar-refractivity contribution in [3.63, 3.8) is 0 Å². The second-order valence-corrected chi connectivity index (χ2v) is 6.68. The number of urea groups is 1. The van der Waals surface area contributed by atoms with E-state index in [0.29, 0.717) is 17.0 Å². The van der Waals surface area contributed by atoms with Crippen molar-refractivity contribution in [2.24, 2.45) is 16.3 Å². The lowest BCUT2D eigenvalue weighted by molar-refractivity contribution is -0.248. The molecule has 2 unspecified atom stereocenters. The third-order valence-corrected chi connectivity index (χ3v) is 4.61. The molecular weight excluding hydrogens is 411 g/mol. The Kier molecular flexibility index (Phi) is 7.38. The zero-order valence-electron chi connectivity index (χ0n) is 15.7. The highest BCUT2D eigenvalue weighted by atomic mass is 35.5. The zero-order valence-corrected chi connectivity index (χ0v) is 16.4. The minimum absolute atomic E-state index is 0.0338. The first-order valence-corrected chi connectivity index (χ1v) is 8.89. The standard InChI is InChI=1S/C18H19ClF3N5O2/c1-11(12-6-8-13(9-7-12)18(20,21)22)25-29-10-14-15(19)4-3-5-16(14)24-17(28)27(2)26-23/h3-9,14-15,23H,10H2,1-2H3,(H,24,28)/p+1/b25-11+,26-23?. The fourth-order valence-corrected chi connectivity index (χ4v) is 2.73. The Morgan fingerprint density at radius 3 is 2.59 bits per heavy atom. The molecule has 0 radical (unpaired) electrons. The van der Waals surface area contributed by atoms with Crippen molar-refractivity contribution in [2.75, 3.05) is 13.7 Å². The molecule has 0 bridgehead atoms. The van der Waals surface area contributed by atoms with Crippen LogP contribution in [0.1, 0.15) is 18.1 Å². The van der Waals surface area contributed by atoms with E-state index in [2.05, 4.69) is 15.7 Å². The maximum absolute atomic E-state index is 12.6. The number of allylic oxidation sites excluding steroid dienone is 3. The van der Waals surface area contributed by atoms with Crippen LogP contribution in [0, 0.1) is 5.92 Å². The van der Waals surface area contributed by atoms with Crippen molar-refractivity contribution in [1.82, 2.24) is 10.3 Å². The molecule has 0 aliphatic heterocycles. The monoisotopic (exact) mass is 430 g/mol. The maximum atomic E-state index is 12.6. The van der Waals surface area contributed by atoms with Crippen LogP contribution >= 0.6 is 11.6 Å².